The third-order valence-electron chi connectivity index (χ3n) is 1.39. The summed E-state index contributed by atoms with van der Waals surface area (Å²) in [7, 11) is 0. The Morgan fingerprint density at radius 1 is 1.50 bits per heavy atom. The lowest BCUT2D eigenvalue weighted by Crippen LogP contribution is -1.88. The van der Waals surface area contributed by atoms with Gasteiger partial charge in [-0.2, -0.15) is 0 Å². The standard InChI is InChI=1S/C6H6N4/c1-5-6-9-8-4-10(6)3-2-7-5/h2-4H,1H3. The van der Waals surface area contributed by atoms with Crippen LogP contribution in [0.2, 0.25) is 0 Å². The fourth-order valence-corrected chi connectivity index (χ4v) is 0.885. The Hall–Kier alpha value is -1.45. The Balaban J connectivity index is 2.95. The molecule has 0 saturated carbocycles. The molecule has 0 N–H and O–H groups in total. The molecule has 2 aromatic heterocycles. The molecule has 0 radical (unpaired) electrons. The normalized spacial score (nSPS) is 10.5. The van der Waals surface area contributed by atoms with Gasteiger partial charge in [-0.15, -0.1) is 10.2 Å². The van der Waals surface area contributed by atoms with Crippen LogP contribution in [0.3, 0.4) is 0 Å². The number of aryl methyl sites for hydroxylation is 1. The van der Waals surface area contributed by atoms with Gasteiger partial charge in [-0.3, -0.25) is 9.38 Å². The zero-order valence-electron chi connectivity index (χ0n) is 5.52. The third kappa shape index (κ3) is 0.586. The summed E-state index contributed by atoms with van der Waals surface area (Å²) in [6.45, 7) is 1.91. The molecule has 4 nitrogen and oxygen atoms in total. The van der Waals surface area contributed by atoms with Crippen molar-refractivity contribution in [1.82, 2.24) is 19.6 Å². The second-order valence-corrected chi connectivity index (χ2v) is 2.07. The first-order valence-electron chi connectivity index (χ1n) is 2.99. The summed E-state index contributed by atoms with van der Waals surface area (Å²) in [6.07, 6.45) is 5.21. The first kappa shape index (κ1) is 5.34. The highest BCUT2D eigenvalue weighted by molar-refractivity contribution is 5.40. The molecule has 0 bridgehead atoms. The molecule has 10 heavy (non-hydrogen) atoms. The molecule has 2 rings (SSSR count). The summed E-state index contributed by atoms with van der Waals surface area (Å²) in [5.74, 6) is 0. The summed E-state index contributed by atoms with van der Waals surface area (Å²) >= 11 is 0. The molecule has 0 spiro atoms. The zero-order valence-corrected chi connectivity index (χ0v) is 5.52. The number of hydrogen-bond donors (Lipinski definition) is 0. The third-order valence-corrected chi connectivity index (χ3v) is 1.39. The lowest BCUT2D eigenvalue weighted by Gasteiger charge is -1.91. The maximum absolute atomic E-state index is 4.06. The van der Waals surface area contributed by atoms with Crippen LogP contribution in [0.4, 0.5) is 0 Å². The van der Waals surface area contributed by atoms with E-state index in [1.807, 2.05) is 17.5 Å². The summed E-state index contributed by atoms with van der Waals surface area (Å²) in [6, 6.07) is 0. The van der Waals surface area contributed by atoms with E-state index in [1.54, 1.807) is 12.5 Å². The Kier molecular flexibility index (Phi) is 0.943. The minimum Gasteiger partial charge on any atom is -0.286 e. The maximum atomic E-state index is 4.06. The summed E-state index contributed by atoms with van der Waals surface area (Å²) in [4.78, 5) is 4.06. The second-order valence-electron chi connectivity index (χ2n) is 2.07. The topological polar surface area (TPSA) is 43.1 Å². The van der Waals surface area contributed by atoms with Crippen molar-refractivity contribution in [2.24, 2.45) is 0 Å². The molecule has 0 saturated heterocycles. The first-order chi connectivity index (χ1) is 4.88. The van der Waals surface area contributed by atoms with Gasteiger partial charge in [0.15, 0.2) is 5.65 Å². The maximum Gasteiger partial charge on any atom is 0.182 e. The van der Waals surface area contributed by atoms with Crippen molar-refractivity contribution in [2.45, 2.75) is 6.92 Å². The zero-order chi connectivity index (χ0) is 6.97. The highest BCUT2D eigenvalue weighted by Crippen LogP contribution is 1.99. The fraction of sp³-hybridized carbons (Fsp3) is 0.167. The molecule has 0 aliphatic rings. The van der Waals surface area contributed by atoms with Crippen LogP contribution >= 0.6 is 0 Å². The van der Waals surface area contributed by atoms with Gasteiger partial charge in [0.1, 0.15) is 6.33 Å². The molecule has 4 heteroatoms. The summed E-state index contributed by atoms with van der Waals surface area (Å²) in [5.41, 5.74) is 1.72. The molecule has 0 amide bonds. The average molecular weight is 134 g/mol. The van der Waals surface area contributed by atoms with Crippen molar-refractivity contribution in [3.63, 3.8) is 0 Å². The van der Waals surface area contributed by atoms with Crippen molar-refractivity contribution in [1.29, 1.82) is 0 Å². The van der Waals surface area contributed by atoms with E-state index in [9.17, 15) is 0 Å². The van der Waals surface area contributed by atoms with Crippen molar-refractivity contribution < 1.29 is 0 Å². The number of fused-ring (bicyclic) bond motifs is 1. The molecule has 2 aromatic rings. The number of hydrogen-bond acceptors (Lipinski definition) is 3. The van der Waals surface area contributed by atoms with E-state index in [0.717, 1.165) is 11.3 Å². The fourth-order valence-electron chi connectivity index (χ4n) is 0.885. The first-order valence-corrected chi connectivity index (χ1v) is 2.99. The van der Waals surface area contributed by atoms with Crippen LogP contribution in [0.15, 0.2) is 18.7 Å². The highest BCUT2D eigenvalue weighted by atomic mass is 15.2. The van der Waals surface area contributed by atoms with E-state index < -0.39 is 0 Å². The molecule has 50 valence electrons. The van der Waals surface area contributed by atoms with Crippen LogP contribution < -0.4 is 0 Å². The van der Waals surface area contributed by atoms with Gasteiger partial charge in [-0.1, -0.05) is 0 Å². The van der Waals surface area contributed by atoms with Gasteiger partial charge in [0.25, 0.3) is 0 Å². The van der Waals surface area contributed by atoms with Crippen molar-refractivity contribution in [2.75, 3.05) is 0 Å². The van der Waals surface area contributed by atoms with Gasteiger partial charge < -0.3 is 0 Å². The van der Waals surface area contributed by atoms with Gasteiger partial charge in [-0.25, -0.2) is 0 Å². The lowest BCUT2D eigenvalue weighted by molar-refractivity contribution is 1.08. The second kappa shape index (κ2) is 1.76. The molecular weight excluding hydrogens is 128 g/mol. The van der Waals surface area contributed by atoms with Crippen molar-refractivity contribution in [3.05, 3.63) is 24.4 Å². The molecule has 0 atom stereocenters. The van der Waals surface area contributed by atoms with Crippen LogP contribution in [0.5, 0.6) is 0 Å². The minimum absolute atomic E-state index is 0.822. The van der Waals surface area contributed by atoms with E-state index in [1.165, 1.54) is 0 Å². The molecule has 0 aromatic carbocycles. The molecule has 0 aliphatic carbocycles. The van der Waals surface area contributed by atoms with Crippen LogP contribution in [0, 0.1) is 6.92 Å². The lowest BCUT2D eigenvalue weighted by atomic mass is 10.5. The summed E-state index contributed by atoms with van der Waals surface area (Å²) in [5, 5.41) is 7.60. The Morgan fingerprint density at radius 3 is 3.20 bits per heavy atom. The van der Waals surface area contributed by atoms with E-state index in [4.69, 9.17) is 0 Å². The largest absolute Gasteiger partial charge is 0.286 e. The Bertz CT molecular complexity index is 351. The van der Waals surface area contributed by atoms with Crippen LogP contribution in [-0.2, 0) is 0 Å². The predicted octanol–water partition coefficient (Wildman–Crippen LogP) is 0.433. The quantitative estimate of drug-likeness (QED) is 0.524. The SMILES string of the molecule is Cc1nccn2cnnc12. The van der Waals surface area contributed by atoms with E-state index in [2.05, 4.69) is 15.2 Å². The van der Waals surface area contributed by atoms with Crippen molar-refractivity contribution in [3.8, 4) is 0 Å². The Labute approximate surface area is 57.5 Å². The van der Waals surface area contributed by atoms with E-state index in [0.29, 0.717) is 0 Å². The number of aromatic nitrogens is 4. The van der Waals surface area contributed by atoms with E-state index >= 15 is 0 Å². The predicted molar refractivity (Wildman–Crippen MR) is 35.5 cm³/mol. The molecule has 0 fully saturated rings. The van der Waals surface area contributed by atoms with Crippen molar-refractivity contribution >= 4 is 5.65 Å². The van der Waals surface area contributed by atoms with Crippen LogP contribution in [0.25, 0.3) is 5.65 Å². The molecule has 0 unspecified atom stereocenters. The monoisotopic (exact) mass is 134 g/mol. The summed E-state index contributed by atoms with van der Waals surface area (Å²) < 4.78 is 1.84. The molecule has 0 aliphatic heterocycles. The van der Waals surface area contributed by atoms with Crippen LogP contribution in [0.1, 0.15) is 5.69 Å². The van der Waals surface area contributed by atoms with Gasteiger partial charge in [0.05, 0.1) is 5.69 Å². The Morgan fingerprint density at radius 2 is 2.40 bits per heavy atom. The van der Waals surface area contributed by atoms with Gasteiger partial charge in [0.2, 0.25) is 0 Å². The smallest absolute Gasteiger partial charge is 0.182 e. The number of nitrogens with zero attached hydrogens (tertiary/aromatic N) is 4. The minimum atomic E-state index is 0.822. The highest BCUT2D eigenvalue weighted by Gasteiger charge is 1.96. The number of rotatable bonds is 0. The van der Waals surface area contributed by atoms with E-state index in [-0.39, 0.29) is 0 Å². The molecular formula is C6H6N4. The van der Waals surface area contributed by atoms with Gasteiger partial charge in [0, 0.05) is 12.4 Å². The van der Waals surface area contributed by atoms with Gasteiger partial charge >= 0.3 is 0 Å². The average Bonchev–Trinajstić information content (AvgIpc) is 2.36. The molecule has 2 heterocycles. The van der Waals surface area contributed by atoms with Crippen LogP contribution in [-0.4, -0.2) is 19.6 Å². The van der Waals surface area contributed by atoms with Gasteiger partial charge in [-0.05, 0) is 6.92 Å².